The summed E-state index contributed by atoms with van der Waals surface area (Å²) in [5.41, 5.74) is 0.410. The summed E-state index contributed by atoms with van der Waals surface area (Å²) in [4.78, 5) is 15.0. The molecule has 126 valence electrons. The van der Waals surface area contributed by atoms with Crippen LogP contribution in [0.1, 0.15) is 51.4 Å². The van der Waals surface area contributed by atoms with Crippen LogP contribution in [0.5, 0.6) is 0 Å². The van der Waals surface area contributed by atoms with Crippen LogP contribution in [0.3, 0.4) is 0 Å². The summed E-state index contributed by atoms with van der Waals surface area (Å²) in [5.74, 6) is 4.02. The van der Waals surface area contributed by atoms with Crippen molar-refractivity contribution in [2.45, 2.75) is 51.4 Å². The minimum absolute atomic E-state index is 0. The molecule has 1 amide bonds. The van der Waals surface area contributed by atoms with E-state index in [0.29, 0.717) is 17.2 Å². The minimum Gasteiger partial charge on any atom is -0.342 e. The molecule has 3 nitrogen and oxygen atoms in total. The molecule has 0 aromatic heterocycles. The minimum atomic E-state index is 0. The van der Waals surface area contributed by atoms with Gasteiger partial charge in [0.05, 0.1) is 0 Å². The molecule has 1 saturated heterocycles. The topological polar surface area (TPSA) is 32.3 Å². The Morgan fingerprint density at radius 1 is 1.14 bits per heavy atom. The van der Waals surface area contributed by atoms with Crippen LogP contribution in [0.15, 0.2) is 0 Å². The molecule has 22 heavy (non-hydrogen) atoms. The molecular weight excluding hydrogens is 296 g/mol. The van der Waals surface area contributed by atoms with Crippen LogP contribution in [-0.2, 0) is 4.79 Å². The van der Waals surface area contributed by atoms with E-state index in [9.17, 15) is 4.79 Å². The van der Waals surface area contributed by atoms with E-state index in [1.807, 2.05) is 7.05 Å². The maximum atomic E-state index is 12.8. The zero-order valence-electron chi connectivity index (χ0n) is 13.9. The van der Waals surface area contributed by atoms with Crippen molar-refractivity contribution < 1.29 is 4.79 Å². The van der Waals surface area contributed by atoms with Crippen LogP contribution in [-0.4, -0.2) is 37.5 Å². The maximum absolute atomic E-state index is 12.8. The number of likely N-dealkylation sites (tertiary alicyclic amines) is 1. The first kappa shape index (κ1) is 16.6. The fourth-order valence-corrected chi connectivity index (χ4v) is 6.45. The van der Waals surface area contributed by atoms with E-state index in [0.717, 1.165) is 43.8 Å². The summed E-state index contributed by atoms with van der Waals surface area (Å²) in [6, 6.07) is 0. The molecule has 5 rings (SSSR count). The van der Waals surface area contributed by atoms with Gasteiger partial charge in [0.2, 0.25) is 5.91 Å². The summed E-state index contributed by atoms with van der Waals surface area (Å²) in [6.07, 6.45) is 10.6. The van der Waals surface area contributed by atoms with E-state index < -0.39 is 0 Å². The van der Waals surface area contributed by atoms with Gasteiger partial charge >= 0.3 is 0 Å². The molecule has 0 aromatic rings. The van der Waals surface area contributed by atoms with E-state index in [-0.39, 0.29) is 12.4 Å². The van der Waals surface area contributed by atoms with Crippen molar-refractivity contribution in [1.29, 1.82) is 0 Å². The quantitative estimate of drug-likeness (QED) is 0.861. The molecule has 0 aromatic carbocycles. The van der Waals surface area contributed by atoms with Crippen LogP contribution in [0.25, 0.3) is 0 Å². The molecule has 4 aliphatic carbocycles. The zero-order valence-corrected chi connectivity index (χ0v) is 14.7. The first-order chi connectivity index (χ1) is 10.2. The highest BCUT2D eigenvalue weighted by Gasteiger charge is 2.51. The molecule has 5 aliphatic rings. The number of hydrogen-bond donors (Lipinski definition) is 1. The lowest BCUT2D eigenvalue weighted by Gasteiger charge is -2.56. The Morgan fingerprint density at radius 2 is 1.73 bits per heavy atom. The van der Waals surface area contributed by atoms with E-state index in [1.165, 1.54) is 44.9 Å². The van der Waals surface area contributed by atoms with Gasteiger partial charge in [-0.15, -0.1) is 12.4 Å². The molecule has 1 N–H and O–H groups in total. The fourth-order valence-electron chi connectivity index (χ4n) is 6.45. The Bertz CT molecular complexity index is 390. The molecule has 0 spiro atoms. The van der Waals surface area contributed by atoms with Gasteiger partial charge in [-0.05, 0) is 87.6 Å². The lowest BCUT2D eigenvalue weighted by molar-refractivity contribution is -0.138. The van der Waals surface area contributed by atoms with Crippen molar-refractivity contribution in [3.63, 3.8) is 0 Å². The Morgan fingerprint density at radius 3 is 2.27 bits per heavy atom. The van der Waals surface area contributed by atoms with Gasteiger partial charge in [0.15, 0.2) is 0 Å². The fraction of sp³-hybridized carbons (Fsp3) is 0.944. The van der Waals surface area contributed by atoms with Gasteiger partial charge in [0, 0.05) is 19.5 Å². The Hall–Kier alpha value is -0.280. The number of carbonyl (C=O) groups is 1. The monoisotopic (exact) mass is 326 g/mol. The summed E-state index contributed by atoms with van der Waals surface area (Å²) < 4.78 is 0. The summed E-state index contributed by atoms with van der Waals surface area (Å²) in [6.45, 7) is 3.05. The molecule has 1 atom stereocenters. The Labute approximate surface area is 141 Å². The van der Waals surface area contributed by atoms with Crippen LogP contribution in [0.4, 0.5) is 0 Å². The van der Waals surface area contributed by atoms with E-state index in [1.54, 1.807) is 0 Å². The highest BCUT2D eigenvalue weighted by molar-refractivity contribution is 5.85. The number of nitrogens with zero attached hydrogens (tertiary/aromatic N) is 1. The van der Waals surface area contributed by atoms with Gasteiger partial charge in [-0.2, -0.15) is 0 Å². The molecule has 1 aliphatic heterocycles. The number of halogens is 1. The molecule has 4 saturated carbocycles. The van der Waals surface area contributed by atoms with Gasteiger partial charge in [-0.3, -0.25) is 4.79 Å². The molecular formula is C18H31ClN2O. The third-order valence-electron chi connectivity index (χ3n) is 6.82. The molecule has 4 bridgehead atoms. The predicted octanol–water partition coefficient (Wildman–Crippen LogP) is 3.08. The highest BCUT2D eigenvalue weighted by atomic mass is 35.5. The first-order valence-corrected chi connectivity index (χ1v) is 9.08. The number of amides is 1. The predicted molar refractivity (Wildman–Crippen MR) is 91.1 cm³/mol. The second-order valence-electron chi connectivity index (χ2n) is 8.65. The molecule has 4 heteroatoms. The van der Waals surface area contributed by atoms with Crippen molar-refractivity contribution in [2.75, 3.05) is 26.7 Å². The van der Waals surface area contributed by atoms with Crippen molar-refractivity contribution in [1.82, 2.24) is 10.2 Å². The lowest BCUT2D eigenvalue weighted by Crippen LogP contribution is -2.48. The lowest BCUT2D eigenvalue weighted by atomic mass is 9.49. The number of nitrogens with one attached hydrogen (secondary N) is 1. The SMILES string of the molecule is CNCC1CCN(C(=O)CC23CC4CC(CC(C4)C2)C3)C1.Cl. The summed E-state index contributed by atoms with van der Waals surface area (Å²) >= 11 is 0. The van der Waals surface area contributed by atoms with Gasteiger partial charge in [-0.25, -0.2) is 0 Å². The Kier molecular flexibility index (Phi) is 4.76. The van der Waals surface area contributed by atoms with Gasteiger partial charge < -0.3 is 10.2 Å². The summed E-state index contributed by atoms with van der Waals surface area (Å²) in [5, 5.41) is 3.26. The number of rotatable bonds is 4. The Balaban J connectivity index is 0.00000144. The third-order valence-corrected chi connectivity index (χ3v) is 6.82. The van der Waals surface area contributed by atoms with Crippen LogP contribution >= 0.6 is 12.4 Å². The first-order valence-electron chi connectivity index (χ1n) is 9.08. The van der Waals surface area contributed by atoms with Crippen LogP contribution in [0, 0.1) is 29.1 Å². The molecule has 0 radical (unpaired) electrons. The molecule has 5 fully saturated rings. The summed E-state index contributed by atoms with van der Waals surface area (Å²) in [7, 11) is 2.01. The second kappa shape index (κ2) is 6.32. The molecule has 1 unspecified atom stereocenters. The maximum Gasteiger partial charge on any atom is 0.223 e. The van der Waals surface area contributed by atoms with Crippen molar-refractivity contribution in [3.05, 3.63) is 0 Å². The zero-order chi connectivity index (χ0) is 14.4. The molecule has 1 heterocycles. The van der Waals surface area contributed by atoms with Crippen molar-refractivity contribution in [2.24, 2.45) is 29.1 Å². The largest absolute Gasteiger partial charge is 0.342 e. The standard InChI is InChI=1S/C18H30N2O.ClH/c1-19-11-13-2-3-20(12-13)17(21)10-18-7-14-4-15(8-18)6-16(5-14)9-18;/h13-16,19H,2-12H2,1H3;1H. The number of carbonyl (C=O) groups excluding carboxylic acids is 1. The second-order valence-corrected chi connectivity index (χ2v) is 8.65. The smallest absolute Gasteiger partial charge is 0.223 e. The van der Waals surface area contributed by atoms with Gasteiger partial charge in [0.1, 0.15) is 0 Å². The van der Waals surface area contributed by atoms with E-state index >= 15 is 0 Å². The van der Waals surface area contributed by atoms with E-state index in [4.69, 9.17) is 0 Å². The van der Waals surface area contributed by atoms with Crippen LogP contribution < -0.4 is 5.32 Å². The van der Waals surface area contributed by atoms with Gasteiger partial charge in [-0.1, -0.05) is 0 Å². The third kappa shape index (κ3) is 3.03. The van der Waals surface area contributed by atoms with E-state index in [2.05, 4.69) is 10.2 Å². The normalized spacial score (nSPS) is 42.5. The van der Waals surface area contributed by atoms with Crippen LogP contribution in [0.2, 0.25) is 0 Å². The van der Waals surface area contributed by atoms with Gasteiger partial charge in [0.25, 0.3) is 0 Å². The average molecular weight is 327 g/mol. The number of hydrogen-bond acceptors (Lipinski definition) is 2. The average Bonchev–Trinajstić information content (AvgIpc) is 2.85. The van der Waals surface area contributed by atoms with Crippen molar-refractivity contribution >= 4 is 18.3 Å². The van der Waals surface area contributed by atoms with Crippen molar-refractivity contribution in [3.8, 4) is 0 Å². The highest BCUT2D eigenvalue weighted by Crippen LogP contribution is 2.61.